The van der Waals surface area contributed by atoms with Crippen LogP contribution >= 0.6 is 12.2 Å². The molecule has 2 aromatic heterocycles. The molecule has 1 fully saturated rings. The Morgan fingerprint density at radius 1 is 1.33 bits per heavy atom. The molecule has 0 atom stereocenters. The summed E-state index contributed by atoms with van der Waals surface area (Å²) in [6.07, 6.45) is 6.01. The van der Waals surface area contributed by atoms with Crippen molar-refractivity contribution in [2.45, 2.75) is 45.4 Å². The Balaban J connectivity index is 2.13. The number of nitrogens with two attached hydrogens (primary N) is 1. The van der Waals surface area contributed by atoms with Gasteiger partial charge in [-0.3, -0.25) is 0 Å². The molecule has 0 spiro atoms. The second-order valence-electron chi connectivity index (χ2n) is 5.35. The molecule has 0 unspecified atom stereocenters. The van der Waals surface area contributed by atoms with Crippen molar-refractivity contribution in [3.63, 3.8) is 0 Å². The lowest BCUT2D eigenvalue weighted by Gasteiger charge is -2.14. The molecule has 21 heavy (non-hydrogen) atoms. The fraction of sp³-hybridized carbons (Fsp3) is 0.467. The molecule has 6 heteroatoms. The van der Waals surface area contributed by atoms with Gasteiger partial charge in [-0.25, -0.2) is 4.68 Å². The van der Waals surface area contributed by atoms with E-state index in [4.69, 9.17) is 18.0 Å². The number of hydrogen-bond acceptors (Lipinski definition) is 4. The van der Waals surface area contributed by atoms with Gasteiger partial charge in [-0.1, -0.05) is 26.1 Å². The summed E-state index contributed by atoms with van der Waals surface area (Å²) >= 11 is 5.25. The highest BCUT2D eigenvalue weighted by molar-refractivity contribution is 7.80. The average molecular weight is 301 g/mol. The van der Waals surface area contributed by atoms with Gasteiger partial charge in [-0.05, 0) is 37.3 Å². The van der Waals surface area contributed by atoms with E-state index >= 15 is 0 Å². The van der Waals surface area contributed by atoms with E-state index in [1.54, 1.807) is 4.68 Å². The fourth-order valence-electron chi connectivity index (χ4n) is 2.63. The van der Waals surface area contributed by atoms with Gasteiger partial charge in [0, 0.05) is 12.1 Å². The van der Waals surface area contributed by atoms with Crippen molar-refractivity contribution in [2.75, 3.05) is 0 Å². The number of aromatic nitrogens is 4. The summed E-state index contributed by atoms with van der Waals surface area (Å²) in [4.78, 5) is 0.356. The molecule has 1 saturated carbocycles. The van der Waals surface area contributed by atoms with Crippen LogP contribution < -0.4 is 5.73 Å². The van der Waals surface area contributed by atoms with Crippen molar-refractivity contribution in [3.05, 3.63) is 34.8 Å². The minimum absolute atomic E-state index is 0.356. The highest BCUT2D eigenvalue weighted by Crippen LogP contribution is 2.39. The first kappa shape index (κ1) is 14.1. The van der Waals surface area contributed by atoms with Crippen LogP contribution in [0.2, 0.25) is 0 Å². The summed E-state index contributed by atoms with van der Waals surface area (Å²) in [5, 5.41) is 13.3. The second-order valence-corrected chi connectivity index (χ2v) is 5.79. The van der Waals surface area contributed by atoms with Crippen LogP contribution in [0.3, 0.4) is 0 Å². The van der Waals surface area contributed by atoms with Gasteiger partial charge in [0.15, 0.2) is 5.82 Å². The Labute approximate surface area is 129 Å². The lowest BCUT2D eigenvalue weighted by atomic mass is 10.0. The zero-order valence-electron chi connectivity index (χ0n) is 12.3. The highest BCUT2D eigenvalue weighted by Gasteiger charge is 2.27. The lowest BCUT2D eigenvalue weighted by molar-refractivity contribution is 0.764. The topological polar surface area (TPSA) is 69.6 Å². The maximum atomic E-state index is 5.95. The van der Waals surface area contributed by atoms with Crippen LogP contribution in [0, 0.1) is 0 Å². The van der Waals surface area contributed by atoms with E-state index in [1.165, 1.54) is 12.8 Å². The Morgan fingerprint density at radius 3 is 2.67 bits per heavy atom. The largest absolute Gasteiger partial charge is 0.389 e. The molecule has 0 aliphatic heterocycles. The monoisotopic (exact) mass is 301 g/mol. The van der Waals surface area contributed by atoms with Crippen molar-refractivity contribution in [1.29, 1.82) is 0 Å². The van der Waals surface area contributed by atoms with Crippen LogP contribution in [-0.4, -0.2) is 25.0 Å². The third-order valence-electron chi connectivity index (χ3n) is 3.90. The Morgan fingerprint density at radius 2 is 2.10 bits per heavy atom. The third kappa shape index (κ3) is 2.55. The molecule has 0 amide bonds. The number of nitrogens with zero attached hydrogens (tertiary/aromatic N) is 4. The minimum Gasteiger partial charge on any atom is -0.389 e. The molecule has 3 rings (SSSR count). The zero-order valence-corrected chi connectivity index (χ0v) is 13.2. The summed E-state index contributed by atoms with van der Waals surface area (Å²) in [6, 6.07) is 2.04. The van der Waals surface area contributed by atoms with Gasteiger partial charge in [0.25, 0.3) is 0 Å². The van der Waals surface area contributed by atoms with E-state index in [0.717, 1.165) is 35.4 Å². The molecule has 1 aliphatic rings. The van der Waals surface area contributed by atoms with Crippen molar-refractivity contribution in [2.24, 2.45) is 5.73 Å². The molecule has 1 aliphatic carbocycles. The predicted molar refractivity (Wildman–Crippen MR) is 85.8 cm³/mol. The molecule has 2 aromatic rings. The SMILES string of the molecule is CCc1nnc(-n2ccc(C3CC3)n2)c(C(N)=S)c1CC. The lowest BCUT2D eigenvalue weighted by Crippen LogP contribution is -2.20. The van der Waals surface area contributed by atoms with Crippen LogP contribution in [-0.2, 0) is 12.8 Å². The summed E-state index contributed by atoms with van der Waals surface area (Å²) < 4.78 is 1.76. The summed E-state index contributed by atoms with van der Waals surface area (Å²) in [5.74, 6) is 1.25. The number of aryl methyl sites for hydroxylation is 1. The van der Waals surface area contributed by atoms with Crippen molar-refractivity contribution >= 4 is 17.2 Å². The fourth-order valence-corrected chi connectivity index (χ4v) is 2.85. The molecule has 0 bridgehead atoms. The molecule has 5 nitrogen and oxygen atoms in total. The maximum absolute atomic E-state index is 5.95. The van der Waals surface area contributed by atoms with Gasteiger partial charge in [0.05, 0.1) is 17.0 Å². The normalized spacial score (nSPS) is 14.4. The zero-order chi connectivity index (χ0) is 15.0. The van der Waals surface area contributed by atoms with E-state index in [9.17, 15) is 0 Å². The van der Waals surface area contributed by atoms with Crippen LogP contribution in [0.15, 0.2) is 12.3 Å². The molecular weight excluding hydrogens is 282 g/mol. The maximum Gasteiger partial charge on any atom is 0.186 e. The van der Waals surface area contributed by atoms with Gasteiger partial charge >= 0.3 is 0 Å². The first-order chi connectivity index (χ1) is 10.2. The van der Waals surface area contributed by atoms with Crippen molar-refractivity contribution in [1.82, 2.24) is 20.0 Å². The number of rotatable bonds is 5. The Bertz CT molecular complexity index is 687. The summed E-state index contributed by atoms with van der Waals surface area (Å²) in [6.45, 7) is 4.14. The van der Waals surface area contributed by atoms with Crippen LogP contribution in [0.1, 0.15) is 55.1 Å². The Kier molecular flexibility index (Phi) is 3.71. The first-order valence-electron chi connectivity index (χ1n) is 7.39. The summed E-state index contributed by atoms with van der Waals surface area (Å²) in [5.41, 5.74) is 9.92. The van der Waals surface area contributed by atoms with E-state index in [1.807, 2.05) is 12.3 Å². The highest BCUT2D eigenvalue weighted by atomic mass is 32.1. The molecule has 0 radical (unpaired) electrons. The second kappa shape index (κ2) is 5.52. The van der Waals surface area contributed by atoms with Crippen molar-refractivity contribution < 1.29 is 0 Å². The summed E-state index contributed by atoms with van der Waals surface area (Å²) in [7, 11) is 0. The molecule has 2 heterocycles. The van der Waals surface area contributed by atoms with Crippen LogP contribution in [0.4, 0.5) is 0 Å². The van der Waals surface area contributed by atoms with E-state index in [0.29, 0.717) is 16.7 Å². The predicted octanol–water partition coefficient (Wildman–Crippen LogP) is 2.30. The van der Waals surface area contributed by atoms with Gasteiger partial charge in [-0.2, -0.15) is 10.2 Å². The van der Waals surface area contributed by atoms with Crippen LogP contribution in [0.5, 0.6) is 0 Å². The van der Waals surface area contributed by atoms with Gasteiger partial charge in [0.1, 0.15) is 4.99 Å². The molecular formula is C15H19N5S. The average Bonchev–Trinajstić information content (AvgIpc) is 3.23. The molecule has 2 N–H and O–H groups in total. The quantitative estimate of drug-likeness (QED) is 0.858. The van der Waals surface area contributed by atoms with E-state index < -0.39 is 0 Å². The number of hydrogen-bond donors (Lipinski definition) is 1. The smallest absolute Gasteiger partial charge is 0.186 e. The van der Waals surface area contributed by atoms with Crippen LogP contribution in [0.25, 0.3) is 5.82 Å². The molecule has 0 saturated heterocycles. The Hall–Kier alpha value is -1.82. The third-order valence-corrected chi connectivity index (χ3v) is 4.10. The van der Waals surface area contributed by atoms with E-state index in [-0.39, 0.29) is 0 Å². The van der Waals surface area contributed by atoms with Crippen molar-refractivity contribution in [3.8, 4) is 5.82 Å². The van der Waals surface area contributed by atoms with Gasteiger partial charge in [0.2, 0.25) is 0 Å². The molecule has 110 valence electrons. The van der Waals surface area contributed by atoms with Gasteiger partial charge in [-0.15, -0.1) is 5.10 Å². The van der Waals surface area contributed by atoms with E-state index in [2.05, 4.69) is 29.1 Å². The number of thiocarbonyl (C=S) groups is 1. The minimum atomic E-state index is 0.356. The standard InChI is InChI=1S/C15H19N5S/c1-3-10-11(4-2)17-18-15(13(10)14(16)21)20-8-7-12(19-20)9-5-6-9/h7-9H,3-6H2,1-2H3,(H2,16,21). The molecule has 0 aromatic carbocycles. The van der Waals surface area contributed by atoms with Gasteiger partial charge < -0.3 is 5.73 Å². The first-order valence-corrected chi connectivity index (χ1v) is 7.80.